The van der Waals surface area contributed by atoms with Crippen LogP contribution in [0.25, 0.3) is 0 Å². The van der Waals surface area contributed by atoms with Crippen LogP contribution in [0.2, 0.25) is 0 Å². The summed E-state index contributed by atoms with van der Waals surface area (Å²) in [4.78, 5) is 50.2. The molecule has 2 rings (SSSR count). The molecule has 28 heavy (non-hydrogen) atoms. The van der Waals surface area contributed by atoms with Crippen LogP contribution in [-0.4, -0.2) is 115 Å². The Balaban J connectivity index is 0.000000283. The first kappa shape index (κ1) is 23.8. The molecule has 0 aliphatic carbocycles. The van der Waals surface area contributed by atoms with Crippen LogP contribution in [0, 0.1) is 0 Å². The summed E-state index contributed by atoms with van der Waals surface area (Å²) in [5.74, 6) is -0.843. The SMILES string of the molecule is CC1(C)C(=O)N(CCO)C(=O)N1CCO.CC1(C)C(=O)N(CO)C(=O)N1CO. The fraction of sp³-hybridized carbons (Fsp3) is 0.750. The lowest BCUT2D eigenvalue weighted by molar-refractivity contribution is -0.134. The lowest BCUT2D eigenvalue weighted by Gasteiger charge is -2.26. The van der Waals surface area contributed by atoms with Gasteiger partial charge in [-0.1, -0.05) is 0 Å². The molecule has 4 N–H and O–H groups in total. The van der Waals surface area contributed by atoms with E-state index < -0.39 is 42.5 Å². The van der Waals surface area contributed by atoms with E-state index in [0.717, 1.165) is 9.80 Å². The lowest BCUT2D eigenvalue weighted by atomic mass is 10.0. The summed E-state index contributed by atoms with van der Waals surface area (Å²) >= 11 is 0. The summed E-state index contributed by atoms with van der Waals surface area (Å²) in [5, 5.41) is 35.1. The second kappa shape index (κ2) is 8.82. The van der Waals surface area contributed by atoms with E-state index in [0.29, 0.717) is 4.90 Å². The Labute approximate surface area is 162 Å². The van der Waals surface area contributed by atoms with Gasteiger partial charge in [0.2, 0.25) is 0 Å². The predicted molar refractivity (Wildman–Crippen MR) is 94.4 cm³/mol. The van der Waals surface area contributed by atoms with Crippen LogP contribution in [0.1, 0.15) is 27.7 Å². The number of carbonyl (C=O) groups excluding carboxylic acids is 4. The largest absolute Gasteiger partial charge is 0.395 e. The molecular formula is C16H28N4O8. The van der Waals surface area contributed by atoms with Gasteiger partial charge in [0.1, 0.15) is 24.5 Å². The van der Waals surface area contributed by atoms with Crippen LogP contribution in [0.5, 0.6) is 0 Å². The average molecular weight is 404 g/mol. The molecule has 12 heteroatoms. The molecule has 2 aliphatic rings. The smallest absolute Gasteiger partial charge is 0.331 e. The number of carbonyl (C=O) groups is 4. The van der Waals surface area contributed by atoms with Gasteiger partial charge in [-0.2, -0.15) is 0 Å². The molecule has 0 atom stereocenters. The van der Waals surface area contributed by atoms with E-state index >= 15 is 0 Å². The Morgan fingerprint density at radius 1 is 0.643 bits per heavy atom. The first-order chi connectivity index (χ1) is 12.9. The minimum absolute atomic E-state index is 0.00300. The topological polar surface area (TPSA) is 162 Å². The normalized spacial score (nSPS) is 20.9. The van der Waals surface area contributed by atoms with Gasteiger partial charge in [0.15, 0.2) is 0 Å². The highest BCUT2D eigenvalue weighted by Crippen LogP contribution is 2.27. The predicted octanol–water partition coefficient (Wildman–Crippen LogP) is -2.06. The van der Waals surface area contributed by atoms with Crippen molar-refractivity contribution >= 4 is 23.9 Å². The van der Waals surface area contributed by atoms with Crippen molar-refractivity contribution in [3.8, 4) is 0 Å². The maximum atomic E-state index is 11.8. The summed E-state index contributed by atoms with van der Waals surface area (Å²) in [6, 6.07) is -1.12. The van der Waals surface area contributed by atoms with Gasteiger partial charge in [-0.3, -0.25) is 19.4 Å². The number of amides is 6. The average Bonchev–Trinajstić information content (AvgIpc) is 2.89. The first-order valence-corrected chi connectivity index (χ1v) is 8.64. The van der Waals surface area contributed by atoms with Crippen LogP contribution >= 0.6 is 0 Å². The van der Waals surface area contributed by atoms with Crippen molar-refractivity contribution in [1.82, 2.24) is 19.6 Å². The highest BCUT2D eigenvalue weighted by Gasteiger charge is 2.51. The highest BCUT2D eigenvalue weighted by molar-refractivity contribution is 6.07. The van der Waals surface area contributed by atoms with Gasteiger partial charge in [-0.05, 0) is 27.7 Å². The minimum Gasteiger partial charge on any atom is -0.395 e. The number of nitrogens with zero attached hydrogens (tertiary/aromatic N) is 4. The van der Waals surface area contributed by atoms with Crippen LogP contribution in [0.15, 0.2) is 0 Å². The zero-order valence-electron chi connectivity index (χ0n) is 16.5. The second-order valence-corrected chi connectivity index (χ2v) is 7.18. The summed E-state index contributed by atoms with van der Waals surface area (Å²) < 4.78 is 0. The van der Waals surface area contributed by atoms with E-state index in [9.17, 15) is 19.2 Å². The number of rotatable bonds is 6. The summed E-state index contributed by atoms with van der Waals surface area (Å²) in [6.07, 6.45) is 0. The maximum Gasteiger partial charge on any atom is 0.331 e. The number of urea groups is 2. The number of hydrogen-bond donors (Lipinski definition) is 4. The Kier molecular flexibility index (Phi) is 7.48. The molecule has 2 aliphatic heterocycles. The van der Waals surface area contributed by atoms with Gasteiger partial charge < -0.3 is 25.3 Å². The fourth-order valence-corrected chi connectivity index (χ4v) is 2.97. The monoisotopic (exact) mass is 404 g/mol. The summed E-state index contributed by atoms with van der Waals surface area (Å²) in [6.45, 7) is 4.78. The third kappa shape index (κ3) is 3.94. The van der Waals surface area contributed by atoms with E-state index in [1.807, 2.05) is 0 Å². The van der Waals surface area contributed by atoms with Crippen molar-refractivity contribution in [1.29, 1.82) is 0 Å². The van der Waals surface area contributed by atoms with Crippen molar-refractivity contribution in [2.75, 3.05) is 39.8 Å². The number of imide groups is 2. The van der Waals surface area contributed by atoms with Crippen molar-refractivity contribution < 1.29 is 39.6 Å². The molecule has 0 aromatic rings. The second-order valence-electron chi connectivity index (χ2n) is 7.18. The molecule has 2 saturated heterocycles. The van der Waals surface area contributed by atoms with E-state index in [1.54, 1.807) is 13.8 Å². The van der Waals surface area contributed by atoms with Gasteiger partial charge in [0, 0.05) is 6.54 Å². The zero-order chi connectivity index (χ0) is 21.9. The number of hydrogen-bond acceptors (Lipinski definition) is 8. The van der Waals surface area contributed by atoms with Gasteiger partial charge in [0.05, 0.1) is 19.8 Å². The molecule has 0 spiro atoms. The molecule has 0 unspecified atom stereocenters. The summed E-state index contributed by atoms with van der Waals surface area (Å²) in [7, 11) is 0. The van der Waals surface area contributed by atoms with Gasteiger partial charge in [0.25, 0.3) is 11.8 Å². The van der Waals surface area contributed by atoms with Gasteiger partial charge in [-0.15, -0.1) is 0 Å². The quantitative estimate of drug-likeness (QED) is 0.367. The van der Waals surface area contributed by atoms with E-state index in [-0.39, 0.29) is 32.2 Å². The van der Waals surface area contributed by atoms with Crippen molar-refractivity contribution in [2.24, 2.45) is 0 Å². The number of aliphatic hydroxyl groups is 4. The number of aliphatic hydroxyl groups excluding tert-OH is 4. The third-order valence-electron chi connectivity index (χ3n) is 4.74. The molecular weight excluding hydrogens is 376 g/mol. The van der Waals surface area contributed by atoms with E-state index in [4.69, 9.17) is 20.4 Å². The Hall–Kier alpha value is -2.28. The lowest BCUT2D eigenvalue weighted by Crippen LogP contribution is -2.45. The van der Waals surface area contributed by atoms with Gasteiger partial charge >= 0.3 is 12.1 Å². The molecule has 2 fully saturated rings. The van der Waals surface area contributed by atoms with Crippen LogP contribution in [0.4, 0.5) is 9.59 Å². The van der Waals surface area contributed by atoms with Crippen LogP contribution in [-0.2, 0) is 9.59 Å². The summed E-state index contributed by atoms with van der Waals surface area (Å²) in [5.41, 5.74) is -2.01. The molecule has 2 heterocycles. The van der Waals surface area contributed by atoms with Crippen molar-refractivity contribution in [3.63, 3.8) is 0 Å². The minimum atomic E-state index is -1.07. The molecule has 0 aromatic carbocycles. The third-order valence-corrected chi connectivity index (χ3v) is 4.74. The first-order valence-electron chi connectivity index (χ1n) is 8.64. The molecule has 6 amide bonds. The fourth-order valence-electron chi connectivity index (χ4n) is 2.97. The molecule has 0 aromatic heterocycles. The molecule has 12 nitrogen and oxygen atoms in total. The number of β-amino-alcohol motifs (C(OH)–C–C–N with tert-alkyl or cyclic N) is 2. The Morgan fingerprint density at radius 2 is 1.07 bits per heavy atom. The van der Waals surface area contributed by atoms with E-state index in [1.165, 1.54) is 18.7 Å². The Bertz CT molecular complexity index is 636. The molecule has 0 saturated carbocycles. The van der Waals surface area contributed by atoms with Crippen molar-refractivity contribution in [2.45, 2.75) is 38.8 Å². The highest BCUT2D eigenvalue weighted by atomic mass is 16.3. The molecule has 0 radical (unpaired) electrons. The van der Waals surface area contributed by atoms with Gasteiger partial charge in [-0.25, -0.2) is 14.5 Å². The van der Waals surface area contributed by atoms with Crippen LogP contribution in [0.3, 0.4) is 0 Å². The van der Waals surface area contributed by atoms with Crippen LogP contribution < -0.4 is 0 Å². The molecule has 160 valence electrons. The van der Waals surface area contributed by atoms with Crippen molar-refractivity contribution in [3.05, 3.63) is 0 Å². The zero-order valence-corrected chi connectivity index (χ0v) is 16.5. The standard InChI is InChI=1S/C9H16N2O4.C7H12N2O4/c1-9(2)7(14)10(3-5-12)8(15)11(9)4-6-13;1-7(2)5(12)8(3-10)6(13)9(7)4-11/h12-13H,3-6H2,1-2H3;10-11H,3-4H2,1-2H3. The maximum absolute atomic E-state index is 11.8. The van der Waals surface area contributed by atoms with E-state index in [2.05, 4.69) is 0 Å². The molecule has 0 bridgehead atoms. The Morgan fingerprint density at radius 3 is 1.43 bits per heavy atom.